The number of hydrogen-bond donors (Lipinski definition) is 1. The van der Waals surface area contributed by atoms with Crippen LogP contribution >= 0.6 is 11.8 Å². The SMILES string of the molecule is CCCc1ccc(NC2=NC3(CCCCC3)CS2)cc1. The molecule has 0 radical (unpaired) electrons. The average Bonchev–Trinajstić information content (AvgIpc) is 2.85. The van der Waals surface area contributed by atoms with Gasteiger partial charge in [-0.3, -0.25) is 4.99 Å². The molecule has 1 N–H and O–H groups in total. The second kappa shape index (κ2) is 6.21. The summed E-state index contributed by atoms with van der Waals surface area (Å²) in [6.45, 7) is 2.22. The van der Waals surface area contributed by atoms with Gasteiger partial charge in [-0.2, -0.15) is 0 Å². The van der Waals surface area contributed by atoms with E-state index in [1.807, 2.05) is 11.8 Å². The third-order valence-corrected chi connectivity index (χ3v) is 5.49. The van der Waals surface area contributed by atoms with Crippen LogP contribution in [0.2, 0.25) is 0 Å². The molecule has 1 aliphatic heterocycles. The first-order valence-electron chi connectivity index (χ1n) is 7.88. The molecule has 0 bridgehead atoms. The highest BCUT2D eigenvalue weighted by Crippen LogP contribution is 2.39. The highest BCUT2D eigenvalue weighted by atomic mass is 32.2. The number of amidine groups is 1. The summed E-state index contributed by atoms with van der Waals surface area (Å²) in [5, 5.41) is 4.62. The van der Waals surface area contributed by atoms with Gasteiger partial charge in [-0.05, 0) is 37.0 Å². The molecule has 2 nitrogen and oxygen atoms in total. The van der Waals surface area contributed by atoms with E-state index in [4.69, 9.17) is 4.99 Å². The summed E-state index contributed by atoms with van der Waals surface area (Å²) in [7, 11) is 0. The molecule has 1 aromatic rings. The Morgan fingerprint density at radius 1 is 1.15 bits per heavy atom. The number of aliphatic imine (C=N–C) groups is 1. The quantitative estimate of drug-likeness (QED) is 0.859. The number of aryl methyl sites for hydroxylation is 1. The summed E-state index contributed by atoms with van der Waals surface area (Å²) >= 11 is 1.90. The Morgan fingerprint density at radius 3 is 2.60 bits per heavy atom. The zero-order valence-electron chi connectivity index (χ0n) is 12.3. The van der Waals surface area contributed by atoms with Crippen molar-refractivity contribution in [3.05, 3.63) is 29.8 Å². The Morgan fingerprint density at radius 2 is 1.90 bits per heavy atom. The Balaban J connectivity index is 1.64. The summed E-state index contributed by atoms with van der Waals surface area (Å²) in [5.41, 5.74) is 2.85. The molecule has 1 aromatic carbocycles. The lowest BCUT2D eigenvalue weighted by molar-refractivity contribution is 0.335. The van der Waals surface area contributed by atoms with E-state index < -0.39 is 0 Å². The minimum Gasteiger partial charge on any atom is -0.335 e. The van der Waals surface area contributed by atoms with Crippen LogP contribution in [0.5, 0.6) is 0 Å². The Kier molecular flexibility index (Phi) is 4.35. The lowest BCUT2D eigenvalue weighted by Gasteiger charge is -2.29. The van der Waals surface area contributed by atoms with E-state index in [0.717, 1.165) is 5.17 Å². The first-order valence-corrected chi connectivity index (χ1v) is 8.87. The van der Waals surface area contributed by atoms with Crippen molar-refractivity contribution >= 4 is 22.6 Å². The third kappa shape index (κ3) is 3.20. The van der Waals surface area contributed by atoms with Gasteiger partial charge in [-0.25, -0.2) is 0 Å². The molecule has 1 aliphatic carbocycles. The minimum atomic E-state index is 0.257. The first kappa shape index (κ1) is 14.0. The second-order valence-corrected chi connectivity index (χ2v) is 7.03. The van der Waals surface area contributed by atoms with E-state index in [1.54, 1.807) is 0 Å². The number of nitrogens with zero attached hydrogens (tertiary/aromatic N) is 1. The average molecular weight is 288 g/mol. The van der Waals surface area contributed by atoms with Gasteiger partial charge in [-0.15, -0.1) is 0 Å². The van der Waals surface area contributed by atoms with Crippen LogP contribution in [0.1, 0.15) is 51.0 Å². The summed E-state index contributed by atoms with van der Waals surface area (Å²) in [6, 6.07) is 8.81. The molecule has 0 atom stereocenters. The first-order chi connectivity index (χ1) is 9.80. The molecule has 108 valence electrons. The van der Waals surface area contributed by atoms with Crippen molar-refractivity contribution in [3.8, 4) is 0 Å². The van der Waals surface area contributed by atoms with Gasteiger partial charge in [0, 0.05) is 11.4 Å². The van der Waals surface area contributed by atoms with Crippen molar-refractivity contribution in [2.45, 2.75) is 57.4 Å². The van der Waals surface area contributed by atoms with Crippen LogP contribution in [0.3, 0.4) is 0 Å². The van der Waals surface area contributed by atoms with Crippen LogP contribution < -0.4 is 5.32 Å². The van der Waals surface area contributed by atoms with Crippen molar-refractivity contribution in [3.63, 3.8) is 0 Å². The second-order valence-electron chi connectivity index (χ2n) is 6.06. The van der Waals surface area contributed by atoms with Gasteiger partial charge in [0.05, 0.1) is 5.54 Å². The van der Waals surface area contributed by atoms with Gasteiger partial charge in [0.1, 0.15) is 0 Å². The smallest absolute Gasteiger partial charge is 0.161 e. The Labute approximate surface area is 126 Å². The summed E-state index contributed by atoms with van der Waals surface area (Å²) < 4.78 is 0. The monoisotopic (exact) mass is 288 g/mol. The number of hydrogen-bond acceptors (Lipinski definition) is 3. The minimum absolute atomic E-state index is 0.257. The molecule has 2 aliphatic rings. The highest BCUT2D eigenvalue weighted by molar-refractivity contribution is 8.14. The molecule has 1 spiro atoms. The van der Waals surface area contributed by atoms with Crippen LogP contribution in [0.25, 0.3) is 0 Å². The zero-order chi connectivity index (χ0) is 13.8. The lowest BCUT2D eigenvalue weighted by Crippen LogP contribution is -2.29. The van der Waals surface area contributed by atoms with E-state index in [-0.39, 0.29) is 5.54 Å². The standard InChI is InChI=1S/C17H24N2S/c1-2-6-14-7-9-15(10-8-14)18-16-19-17(13-20-16)11-4-3-5-12-17/h7-10H,2-6,11-13H2,1H3,(H,18,19). The zero-order valence-corrected chi connectivity index (χ0v) is 13.1. The van der Waals surface area contributed by atoms with E-state index in [1.165, 1.54) is 61.9 Å². The fourth-order valence-corrected chi connectivity index (χ4v) is 4.39. The number of benzene rings is 1. The van der Waals surface area contributed by atoms with Crippen molar-refractivity contribution in [1.29, 1.82) is 0 Å². The van der Waals surface area contributed by atoms with E-state index in [0.29, 0.717) is 0 Å². The fourth-order valence-electron chi connectivity index (χ4n) is 3.18. The predicted octanol–water partition coefficient (Wildman–Crippen LogP) is 4.86. The highest BCUT2D eigenvalue weighted by Gasteiger charge is 2.36. The number of thioether (sulfide) groups is 1. The summed E-state index contributed by atoms with van der Waals surface area (Å²) in [6.07, 6.45) is 9.02. The van der Waals surface area contributed by atoms with Gasteiger partial charge in [0.25, 0.3) is 0 Å². The van der Waals surface area contributed by atoms with Crippen LogP contribution in [0.4, 0.5) is 5.69 Å². The molecule has 1 heterocycles. The summed E-state index contributed by atoms with van der Waals surface area (Å²) in [4.78, 5) is 5.00. The molecule has 3 heteroatoms. The van der Waals surface area contributed by atoms with Crippen LogP contribution in [-0.2, 0) is 6.42 Å². The Hall–Kier alpha value is -0.960. The maximum absolute atomic E-state index is 5.00. The van der Waals surface area contributed by atoms with E-state index in [9.17, 15) is 0 Å². The molecular formula is C17H24N2S. The molecule has 1 fully saturated rings. The molecule has 1 saturated carbocycles. The normalized spacial score (nSPS) is 20.9. The molecule has 0 saturated heterocycles. The topological polar surface area (TPSA) is 24.4 Å². The van der Waals surface area contributed by atoms with Crippen molar-refractivity contribution < 1.29 is 0 Å². The van der Waals surface area contributed by atoms with Crippen molar-refractivity contribution in [2.24, 2.45) is 4.99 Å². The van der Waals surface area contributed by atoms with Gasteiger partial charge in [-0.1, -0.05) is 56.5 Å². The number of nitrogens with one attached hydrogen (secondary N) is 1. The van der Waals surface area contributed by atoms with E-state index >= 15 is 0 Å². The van der Waals surface area contributed by atoms with Crippen molar-refractivity contribution in [1.82, 2.24) is 0 Å². The van der Waals surface area contributed by atoms with Crippen LogP contribution in [-0.4, -0.2) is 16.5 Å². The van der Waals surface area contributed by atoms with Gasteiger partial charge in [0.15, 0.2) is 5.17 Å². The van der Waals surface area contributed by atoms with Gasteiger partial charge >= 0.3 is 0 Å². The molecule has 0 unspecified atom stereocenters. The molecular weight excluding hydrogens is 264 g/mol. The van der Waals surface area contributed by atoms with Gasteiger partial charge < -0.3 is 5.32 Å². The predicted molar refractivity (Wildman–Crippen MR) is 89.8 cm³/mol. The number of rotatable bonds is 3. The van der Waals surface area contributed by atoms with Crippen LogP contribution in [0.15, 0.2) is 29.3 Å². The van der Waals surface area contributed by atoms with E-state index in [2.05, 4.69) is 36.5 Å². The third-order valence-electron chi connectivity index (χ3n) is 4.34. The Bertz CT molecular complexity index is 472. The number of anilines is 1. The fraction of sp³-hybridized carbons (Fsp3) is 0.588. The van der Waals surface area contributed by atoms with Crippen LogP contribution in [0, 0.1) is 0 Å². The largest absolute Gasteiger partial charge is 0.335 e. The maximum atomic E-state index is 5.00. The lowest BCUT2D eigenvalue weighted by atomic mass is 9.84. The maximum Gasteiger partial charge on any atom is 0.161 e. The van der Waals surface area contributed by atoms with Crippen molar-refractivity contribution in [2.75, 3.05) is 11.1 Å². The summed E-state index contributed by atoms with van der Waals surface area (Å²) in [5.74, 6) is 1.17. The van der Waals surface area contributed by atoms with Gasteiger partial charge in [0.2, 0.25) is 0 Å². The molecule has 3 rings (SSSR count). The molecule has 0 aromatic heterocycles. The molecule has 20 heavy (non-hydrogen) atoms. The molecule has 0 amide bonds.